The standard InChI is InChI=1S/C15H13Cl2NO2/c16-12-5-6-14(13(17)8-12)18-9-11-4-2-1-3-10(11)7-15(19)20/h1-6,8,18H,7,9H2,(H,19,20). The first-order chi connectivity index (χ1) is 9.56. The van der Waals surface area contributed by atoms with Crippen molar-refractivity contribution in [3.8, 4) is 0 Å². The van der Waals surface area contributed by atoms with E-state index >= 15 is 0 Å². The van der Waals surface area contributed by atoms with Crippen LogP contribution >= 0.6 is 23.2 Å². The van der Waals surface area contributed by atoms with Crippen molar-refractivity contribution in [1.82, 2.24) is 0 Å². The van der Waals surface area contributed by atoms with Crippen molar-refractivity contribution in [1.29, 1.82) is 0 Å². The van der Waals surface area contributed by atoms with Gasteiger partial charge in [0.15, 0.2) is 0 Å². The van der Waals surface area contributed by atoms with E-state index < -0.39 is 5.97 Å². The Morgan fingerprint density at radius 3 is 2.45 bits per heavy atom. The Bertz CT molecular complexity index is 629. The summed E-state index contributed by atoms with van der Waals surface area (Å²) in [5.74, 6) is -0.845. The lowest BCUT2D eigenvalue weighted by Gasteiger charge is -2.11. The van der Waals surface area contributed by atoms with Crippen molar-refractivity contribution in [2.24, 2.45) is 0 Å². The molecule has 0 atom stereocenters. The zero-order valence-electron chi connectivity index (χ0n) is 10.6. The number of aliphatic carboxylic acids is 1. The van der Waals surface area contributed by atoms with E-state index in [1.54, 1.807) is 18.2 Å². The second-order valence-corrected chi connectivity index (χ2v) is 5.16. The van der Waals surface area contributed by atoms with Crippen LogP contribution in [0.4, 0.5) is 5.69 Å². The summed E-state index contributed by atoms with van der Waals surface area (Å²) in [6.45, 7) is 0.505. The molecule has 0 heterocycles. The Kier molecular flexibility index (Phi) is 4.88. The third kappa shape index (κ3) is 3.89. The number of carboxylic acids is 1. The lowest BCUT2D eigenvalue weighted by atomic mass is 10.0. The lowest BCUT2D eigenvalue weighted by molar-refractivity contribution is -0.136. The number of hydrogen-bond acceptors (Lipinski definition) is 2. The molecular formula is C15H13Cl2NO2. The van der Waals surface area contributed by atoms with Crippen LogP contribution in [0.15, 0.2) is 42.5 Å². The number of halogens is 2. The fourth-order valence-corrected chi connectivity index (χ4v) is 2.36. The van der Waals surface area contributed by atoms with E-state index in [0.29, 0.717) is 16.6 Å². The third-order valence-corrected chi connectivity index (χ3v) is 3.41. The van der Waals surface area contributed by atoms with Crippen molar-refractivity contribution >= 4 is 34.9 Å². The van der Waals surface area contributed by atoms with Crippen LogP contribution in [-0.4, -0.2) is 11.1 Å². The average molecular weight is 310 g/mol. The van der Waals surface area contributed by atoms with E-state index in [-0.39, 0.29) is 6.42 Å². The van der Waals surface area contributed by atoms with Gasteiger partial charge in [0, 0.05) is 11.6 Å². The van der Waals surface area contributed by atoms with E-state index in [2.05, 4.69) is 5.32 Å². The SMILES string of the molecule is O=C(O)Cc1ccccc1CNc1ccc(Cl)cc1Cl. The topological polar surface area (TPSA) is 49.3 Å². The molecule has 0 radical (unpaired) electrons. The minimum absolute atomic E-state index is 0.00615. The number of rotatable bonds is 5. The van der Waals surface area contributed by atoms with E-state index in [9.17, 15) is 4.79 Å². The molecular weight excluding hydrogens is 297 g/mol. The molecule has 2 N–H and O–H groups in total. The molecule has 0 aliphatic carbocycles. The summed E-state index contributed by atoms with van der Waals surface area (Å²) in [6.07, 6.45) is 0.00615. The molecule has 0 amide bonds. The smallest absolute Gasteiger partial charge is 0.307 e. The maximum absolute atomic E-state index is 10.8. The molecule has 0 unspecified atom stereocenters. The summed E-state index contributed by atoms with van der Waals surface area (Å²) < 4.78 is 0. The van der Waals surface area contributed by atoms with Crippen LogP contribution in [0, 0.1) is 0 Å². The molecule has 0 spiro atoms. The van der Waals surface area contributed by atoms with Crippen LogP contribution in [0.1, 0.15) is 11.1 Å². The highest BCUT2D eigenvalue weighted by Crippen LogP contribution is 2.26. The predicted octanol–water partition coefficient (Wildman–Crippen LogP) is 4.23. The van der Waals surface area contributed by atoms with Crippen LogP contribution in [-0.2, 0) is 17.8 Å². The van der Waals surface area contributed by atoms with Crippen molar-refractivity contribution < 1.29 is 9.90 Å². The minimum atomic E-state index is -0.845. The maximum Gasteiger partial charge on any atom is 0.307 e. The summed E-state index contributed by atoms with van der Waals surface area (Å²) in [5, 5.41) is 13.2. The van der Waals surface area contributed by atoms with Gasteiger partial charge in [-0.3, -0.25) is 4.79 Å². The molecule has 0 aliphatic heterocycles. The number of anilines is 1. The average Bonchev–Trinajstić information content (AvgIpc) is 2.39. The van der Waals surface area contributed by atoms with Gasteiger partial charge in [0.05, 0.1) is 17.1 Å². The van der Waals surface area contributed by atoms with Gasteiger partial charge in [-0.15, -0.1) is 0 Å². The quantitative estimate of drug-likeness (QED) is 0.869. The van der Waals surface area contributed by atoms with Crippen LogP contribution in [0.25, 0.3) is 0 Å². The molecule has 2 aromatic rings. The highest BCUT2D eigenvalue weighted by Gasteiger charge is 2.07. The van der Waals surface area contributed by atoms with Crippen LogP contribution in [0.3, 0.4) is 0 Å². The number of carboxylic acid groups (broad SMARTS) is 1. The lowest BCUT2D eigenvalue weighted by Crippen LogP contribution is -2.07. The zero-order chi connectivity index (χ0) is 14.5. The molecule has 0 aromatic heterocycles. The van der Waals surface area contributed by atoms with Crippen molar-refractivity contribution in [2.75, 3.05) is 5.32 Å². The van der Waals surface area contributed by atoms with Crippen LogP contribution in [0.5, 0.6) is 0 Å². The number of benzene rings is 2. The van der Waals surface area contributed by atoms with E-state index in [0.717, 1.165) is 16.8 Å². The predicted molar refractivity (Wildman–Crippen MR) is 81.6 cm³/mol. The minimum Gasteiger partial charge on any atom is -0.481 e. The van der Waals surface area contributed by atoms with E-state index in [1.165, 1.54) is 0 Å². The Labute approximate surface area is 127 Å². The van der Waals surface area contributed by atoms with Gasteiger partial charge in [0.25, 0.3) is 0 Å². The summed E-state index contributed by atoms with van der Waals surface area (Å²) in [6, 6.07) is 12.6. The fraction of sp³-hybridized carbons (Fsp3) is 0.133. The molecule has 104 valence electrons. The van der Waals surface area contributed by atoms with Crippen molar-refractivity contribution in [3.63, 3.8) is 0 Å². The van der Waals surface area contributed by atoms with Gasteiger partial charge in [-0.2, -0.15) is 0 Å². The molecule has 3 nitrogen and oxygen atoms in total. The first-order valence-electron chi connectivity index (χ1n) is 6.04. The Hall–Kier alpha value is -1.71. The molecule has 0 saturated carbocycles. The second kappa shape index (κ2) is 6.64. The van der Waals surface area contributed by atoms with Gasteiger partial charge >= 0.3 is 5.97 Å². The fourth-order valence-electron chi connectivity index (χ4n) is 1.89. The first-order valence-corrected chi connectivity index (χ1v) is 6.79. The normalized spacial score (nSPS) is 10.3. The number of hydrogen-bond donors (Lipinski definition) is 2. The first kappa shape index (κ1) is 14.7. The summed E-state index contributed by atoms with van der Waals surface area (Å²) in [4.78, 5) is 10.8. The Morgan fingerprint density at radius 1 is 1.10 bits per heavy atom. The second-order valence-electron chi connectivity index (χ2n) is 4.32. The van der Waals surface area contributed by atoms with Gasteiger partial charge in [-0.05, 0) is 29.3 Å². The van der Waals surface area contributed by atoms with Crippen molar-refractivity contribution in [2.45, 2.75) is 13.0 Å². The summed E-state index contributed by atoms with van der Waals surface area (Å²) in [7, 11) is 0. The molecule has 5 heteroatoms. The maximum atomic E-state index is 10.8. The van der Waals surface area contributed by atoms with Gasteiger partial charge in [0.2, 0.25) is 0 Å². The van der Waals surface area contributed by atoms with Gasteiger partial charge in [-0.25, -0.2) is 0 Å². The molecule has 0 bridgehead atoms. The Morgan fingerprint density at radius 2 is 1.80 bits per heavy atom. The molecule has 0 aliphatic rings. The summed E-state index contributed by atoms with van der Waals surface area (Å²) >= 11 is 11.9. The van der Waals surface area contributed by atoms with Crippen LogP contribution < -0.4 is 5.32 Å². The van der Waals surface area contributed by atoms with Gasteiger partial charge in [0.1, 0.15) is 0 Å². The zero-order valence-corrected chi connectivity index (χ0v) is 12.1. The largest absolute Gasteiger partial charge is 0.481 e. The molecule has 0 fully saturated rings. The van der Waals surface area contributed by atoms with E-state index in [1.807, 2.05) is 24.3 Å². The Balaban J connectivity index is 2.12. The van der Waals surface area contributed by atoms with Crippen LogP contribution in [0.2, 0.25) is 10.0 Å². The molecule has 2 rings (SSSR count). The number of nitrogens with one attached hydrogen (secondary N) is 1. The van der Waals surface area contributed by atoms with Crippen molar-refractivity contribution in [3.05, 3.63) is 63.6 Å². The molecule has 20 heavy (non-hydrogen) atoms. The molecule has 0 saturated heterocycles. The summed E-state index contributed by atoms with van der Waals surface area (Å²) in [5.41, 5.74) is 2.49. The highest BCUT2D eigenvalue weighted by atomic mass is 35.5. The van der Waals surface area contributed by atoms with Gasteiger partial charge < -0.3 is 10.4 Å². The monoisotopic (exact) mass is 309 g/mol. The van der Waals surface area contributed by atoms with Gasteiger partial charge in [-0.1, -0.05) is 47.5 Å². The highest BCUT2D eigenvalue weighted by molar-refractivity contribution is 6.36. The number of carbonyl (C=O) groups is 1. The van der Waals surface area contributed by atoms with E-state index in [4.69, 9.17) is 28.3 Å². The molecule has 2 aromatic carbocycles. The third-order valence-electron chi connectivity index (χ3n) is 2.86.